The van der Waals surface area contributed by atoms with Gasteiger partial charge in [0.25, 0.3) is 0 Å². The van der Waals surface area contributed by atoms with Gasteiger partial charge in [-0.3, -0.25) is 14.4 Å². The largest absolute Gasteiger partial charge is 0.466 e. The molecule has 5 heteroatoms. The van der Waals surface area contributed by atoms with E-state index in [0.717, 1.165) is 0 Å². The minimum absolute atomic E-state index is 0.0679. The molecule has 0 saturated carbocycles. The van der Waals surface area contributed by atoms with Crippen molar-refractivity contribution in [2.45, 2.75) is 26.3 Å². The lowest BCUT2D eigenvalue weighted by Crippen LogP contribution is -2.14. The standard InChI is InChI=1S/C12H15NO4/c1-2-17-12(16)4-3-11(15)9-13-7-5-10(14)6-8-13/h5-8H,2-4,9H2,1H3. The molecule has 17 heavy (non-hydrogen) atoms. The Morgan fingerprint density at radius 2 is 1.88 bits per heavy atom. The fourth-order valence-electron chi connectivity index (χ4n) is 1.31. The molecule has 0 fully saturated rings. The van der Waals surface area contributed by atoms with Crippen LogP contribution in [0.3, 0.4) is 0 Å². The molecule has 0 atom stereocenters. The summed E-state index contributed by atoms with van der Waals surface area (Å²) in [5.41, 5.74) is -0.0970. The molecular weight excluding hydrogens is 222 g/mol. The maximum absolute atomic E-state index is 11.5. The van der Waals surface area contributed by atoms with Crippen LogP contribution in [-0.2, 0) is 20.9 Å². The normalized spacial score (nSPS) is 9.94. The topological polar surface area (TPSA) is 65.4 Å². The van der Waals surface area contributed by atoms with Crippen molar-refractivity contribution in [3.05, 3.63) is 34.7 Å². The highest BCUT2D eigenvalue weighted by Gasteiger charge is 2.07. The van der Waals surface area contributed by atoms with E-state index in [1.807, 2.05) is 0 Å². The molecule has 0 spiro atoms. The molecule has 1 aromatic heterocycles. The monoisotopic (exact) mass is 237 g/mol. The minimum atomic E-state index is -0.360. The zero-order valence-electron chi connectivity index (χ0n) is 9.72. The van der Waals surface area contributed by atoms with Crippen molar-refractivity contribution in [1.29, 1.82) is 0 Å². The Bertz CT molecular complexity index is 430. The molecular formula is C12H15NO4. The van der Waals surface area contributed by atoms with Gasteiger partial charge in [0, 0.05) is 30.9 Å². The van der Waals surface area contributed by atoms with Gasteiger partial charge in [-0.15, -0.1) is 0 Å². The lowest BCUT2D eigenvalue weighted by atomic mass is 10.2. The molecule has 0 radical (unpaired) electrons. The molecule has 0 bridgehead atoms. The zero-order chi connectivity index (χ0) is 12.7. The SMILES string of the molecule is CCOC(=O)CCC(=O)Cn1ccc(=O)cc1. The predicted octanol–water partition coefficient (Wildman–Crippen LogP) is 0.761. The molecule has 1 aromatic rings. The average Bonchev–Trinajstić information content (AvgIpc) is 2.30. The Hall–Kier alpha value is -1.91. The van der Waals surface area contributed by atoms with Crippen LogP contribution < -0.4 is 5.43 Å². The van der Waals surface area contributed by atoms with E-state index in [9.17, 15) is 14.4 Å². The zero-order valence-corrected chi connectivity index (χ0v) is 9.72. The summed E-state index contributed by atoms with van der Waals surface area (Å²) in [5.74, 6) is -0.428. The van der Waals surface area contributed by atoms with Gasteiger partial charge in [-0.1, -0.05) is 0 Å². The number of Topliss-reactive ketones (excluding diaryl/α,β-unsaturated/α-hetero) is 1. The summed E-state index contributed by atoms with van der Waals surface area (Å²) < 4.78 is 6.32. The Morgan fingerprint density at radius 3 is 2.47 bits per heavy atom. The Balaban J connectivity index is 2.37. The molecule has 0 saturated heterocycles. The van der Waals surface area contributed by atoms with Gasteiger partial charge in [-0.05, 0) is 6.92 Å². The fraction of sp³-hybridized carbons (Fsp3) is 0.417. The smallest absolute Gasteiger partial charge is 0.306 e. The quantitative estimate of drug-likeness (QED) is 0.685. The van der Waals surface area contributed by atoms with Crippen LogP contribution in [0.1, 0.15) is 19.8 Å². The molecule has 92 valence electrons. The number of carbonyl (C=O) groups excluding carboxylic acids is 2. The molecule has 0 aliphatic heterocycles. The third kappa shape index (κ3) is 5.10. The number of nitrogens with zero attached hydrogens (tertiary/aromatic N) is 1. The molecule has 0 N–H and O–H groups in total. The van der Waals surface area contributed by atoms with Crippen LogP contribution in [0, 0.1) is 0 Å². The third-order valence-electron chi connectivity index (χ3n) is 2.13. The number of rotatable bonds is 6. The lowest BCUT2D eigenvalue weighted by molar-refractivity contribution is -0.144. The molecule has 0 aromatic carbocycles. The summed E-state index contributed by atoms with van der Waals surface area (Å²) in [7, 11) is 0. The van der Waals surface area contributed by atoms with Crippen molar-refractivity contribution in [3.8, 4) is 0 Å². The van der Waals surface area contributed by atoms with Gasteiger partial charge in [0.05, 0.1) is 19.6 Å². The summed E-state index contributed by atoms with van der Waals surface area (Å²) in [6.45, 7) is 2.21. The number of aromatic nitrogens is 1. The highest BCUT2D eigenvalue weighted by Crippen LogP contribution is 1.97. The second-order valence-electron chi connectivity index (χ2n) is 3.55. The van der Waals surface area contributed by atoms with Crippen LogP contribution in [0.25, 0.3) is 0 Å². The highest BCUT2D eigenvalue weighted by atomic mass is 16.5. The van der Waals surface area contributed by atoms with Gasteiger partial charge >= 0.3 is 5.97 Å². The molecule has 1 rings (SSSR count). The second-order valence-corrected chi connectivity index (χ2v) is 3.55. The number of ketones is 1. The van der Waals surface area contributed by atoms with E-state index in [1.165, 1.54) is 12.1 Å². The maximum Gasteiger partial charge on any atom is 0.306 e. The lowest BCUT2D eigenvalue weighted by Gasteiger charge is -2.04. The van der Waals surface area contributed by atoms with Gasteiger partial charge in [0.15, 0.2) is 11.2 Å². The first-order valence-corrected chi connectivity index (χ1v) is 5.45. The van der Waals surface area contributed by atoms with E-state index in [-0.39, 0.29) is 36.6 Å². The Kier molecular flexibility index (Phi) is 5.13. The van der Waals surface area contributed by atoms with Crippen molar-refractivity contribution < 1.29 is 14.3 Å². The highest BCUT2D eigenvalue weighted by molar-refractivity contribution is 5.82. The molecule has 0 aliphatic carbocycles. The van der Waals surface area contributed by atoms with Gasteiger partial charge < -0.3 is 9.30 Å². The van der Waals surface area contributed by atoms with E-state index in [4.69, 9.17) is 4.74 Å². The average molecular weight is 237 g/mol. The number of ether oxygens (including phenoxy) is 1. The third-order valence-corrected chi connectivity index (χ3v) is 2.13. The molecule has 0 aliphatic rings. The van der Waals surface area contributed by atoms with Crippen molar-refractivity contribution in [1.82, 2.24) is 4.57 Å². The van der Waals surface area contributed by atoms with Crippen molar-refractivity contribution in [3.63, 3.8) is 0 Å². The number of hydrogen-bond donors (Lipinski definition) is 0. The minimum Gasteiger partial charge on any atom is -0.466 e. The van der Waals surface area contributed by atoms with Gasteiger partial charge in [0.1, 0.15) is 0 Å². The van der Waals surface area contributed by atoms with E-state index in [0.29, 0.717) is 6.61 Å². The predicted molar refractivity (Wildman–Crippen MR) is 61.6 cm³/mol. The summed E-state index contributed by atoms with van der Waals surface area (Å²) in [6.07, 6.45) is 3.35. The van der Waals surface area contributed by atoms with Gasteiger partial charge in [-0.2, -0.15) is 0 Å². The van der Waals surface area contributed by atoms with Crippen LogP contribution in [0.4, 0.5) is 0 Å². The van der Waals surface area contributed by atoms with Crippen molar-refractivity contribution in [2.24, 2.45) is 0 Å². The number of hydrogen-bond acceptors (Lipinski definition) is 4. The summed E-state index contributed by atoms with van der Waals surface area (Å²) in [6, 6.07) is 2.78. The second kappa shape index (κ2) is 6.62. The van der Waals surface area contributed by atoms with Crippen molar-refractivity contribution in [2.75, 3.05) is 6.61 Å². The van der Waals surface area contributed by atoms with Gasteiger partial charge in [0.2, 0.25) is 0 Å². The summed E-state index contributed by atoms with van der Waals surface area (Å²) in [4.78, 5) is 33.4. The molecule has 0 amide bonds. The number of pyridine rings is 1. The Morgan fingerprint density at radius 1 is 1.24 bits per heavy atom. The van der Waals surface area contributed by atoms with E-state index in [1.54, 1.807) is 23.9 Å². The summed E-state index contributed by atoms with van der Waals surface area (Å²) in [5, 5.41) is 0. The first-order chi connectivity index (χ1) is 8.11. The molecule has 0 unspecified atom stereocenters. The summed E-state index contributed by atoms with van der Waals surface area (Å²) >= 11 is 0. The van der Waals surface area contributed by atoms with E-state index in [2.05, 4.69) is 0 Å². The molecule has 5 nitrogen and oxygen atoms in total. The van der Waals surface area contributed by atoms with Crippen LogP contribution in [-0.4, -0.2) is 22.9 Å². The van der Waals surface area contributed by atoms with Crippen LogP contribution in [0.15, 0.2) is 29.3 Å². The number of esters is 1. The fourth-order valence-corrected chi connectivity index (χ4v) is 1.31. The van der Waals surface area contributed by atoms with E-state index < -0.39 is 0 Å². The first-order valence-electron chi connectivity index (χ1n) is 5.45. The first kappa shape index (κ1) is 13.2. The van der Waals surface area contributed by atoms with Crippen LogP contribution in [0.2, 0.25) is 0 Å². The maximum atomic E-state index is 11.5. The van der Waals surface area contributed by atoms with Crippen molar-refractivity contribution >= 4 is 11.8 Å². The van der Waals surface area contributed by atoms with E-state index >= 15 is 0 Å². The van der Waals surface area contributed by atoms with Crippen LogP contribution >= 0.6 is 0 Å². The van der Waals surface area contributed by atoms with Crippen LogP contribution in [0.5, 0.6) is 0 Å². The van der Waals surface area contributed by atoms with Gasteiger partial charge in [-0.25, -0.2) is 0 Å². The Labute approximate surface area is 99.0 Å². The number of carbonyl (C=O) groups is 2. The molecule has 1 heterocycles.